The fraction of sp³-hybridized carbons (Fsp3) is 0.167. The highest BCUT2D eigenvalue weighted by atomic mass is 32.1. The minimum Gasteiger partial charge on any atom is -0.343 e. The van der Waals surface area contributed by atoms with E-state index in [0.717, 1.165) is 11.5 Å². The van der Waals surface area contributed by atoms with Crippen molar-refractivity contribution in [3.8, 4) is 0 Å². The molecule has 0 aliphatic heterocycles. The number of Topliss-reactive ketones (excluding diaryl/α,β-unsaturated/α-hetero) is 1. The molecule has 0 aliphatic rings. The van der Waals surface area contributed by atoms with Crippen LogP contribution in [0.3, 0.4) is 0 Å². The van der Waals surface area contributed by atoms with Crippen LogP contribution in [-0.2, 0) is 0 Å². The number of halogens is 1. The van der Waals surface area contributed by atoms with Gasteiger partial charge in [0.15, 0.2) is 5.78 Å². The molecule has 0 atom stereocenters. The van der Waals surface area contributed by atoms with Crippen molar-refractivity contribution in [2.24, 2.45) is 0 Å². The maximum atomic E-state index is 13.5. The standard InChI is InChI=1S/C12H11FN2OS/c1-7-11(8(2)16)12(17-15-7)14-10-6-4-3-5-9(10)13/h3-6,14H,1-2H3. The summed E-state index contributed by atoms with van der Waals surface area (Å²) in [6.45, 7) is 3.24. The molecule has 0 radical (unpaired) electrons. The number of ketones is 1. The molecule has 17 heavy (non-hydrogen) atoms. The van der Waals surface area contributed by atoms with Gasteiger partial charge in [-0.3, -0.25) is 4.79 Å². The van der Waals surface area contributed by atoms with E-state index in [4.69, 9.17) is 0 Å². The van der Waals surface area contributed by atoms with Crippen LogP contribution in [0.15, 0.2) is 24.3 Å². The van der Waals surface area contributed by atoms with Crippen molar-refractivity contribution in [3.63, 3.8) is 0 Å². The highest BCUT2D eigenvalue weighted by Crippen LogP contribution is 2.29. The number of rotatable bonds is 3. The molecule has 5 heteroatoms. The molecular formula is C12H11FN2OS. The van der Waals surface area contributed by atoms with Crippen LogP contribution in [0.5, 0.6) is 0 Å². The van der Waals surface area contributed by atoms with Gasteiger partial charge in [0.2, 0.25) is 0 Å². The Morgan fingerprint density at radius 2 is 2.12 bits per heavy atom. The molecule has 0 saturated heterocycles. The molecule has 0 fully saturated rings. The number of carbonyl (C=O) groups is 1. The lowest BCUT2D eigenvalue weighted by Gasteiger charge is -2.06. The molecule has 0 amide bonds. The van der Waals surface area contributed by atoms with E-state index >= 15 is 0 Å². The lowest BCUT2D eigenvalue weighted by molar-refractivity contribution is 0.101. The number of nitrogens with one attached hydrogen (secondary N) is 1. The van der Waals surface area contributed by atoms with Gasteiger partial charge in [-0.2, -0.15) is 4.37 Å². The van der Waals surface area contributed by atoms with Crippen LogP contribution >= 0.6 is 11.5 Å². The second kappa shape index (κ2) is 4.63. The highest BCUT2D eigenvalue weighted by Gasteiger charge is 2.15. The summed E-state index contributed by atoms with van der Waals surface area (Å²) in [6, 6.07) is 6.33. The normalized spacial score (nSPS) is 10.3. The van der Waals surface area contributed by atoms with Gasteiger partial charge in [0.1, 0.15) is 10.8 Å². The molecule has 0 bridgehead atoms. The Hall–Kier alpha value is -1.75. The van der Waals surface area contributed by atoms with Crippen LogP contribution < -0.4 is 5.32 Å². The van der Waals surface area contributed by atoms with Crippen LogP contribution in [0.4, 0.5) is 15.1 Å². The molecule has 2 rings (SSSR count). The monoisotopic (exact) mass is 250 g/mol. The number of carbonyl (C=O) groups excluding carboxylic acids is 1. The van der Waals surface area contributed by atoms with Crippen molar-refractivity contribution in [2.75, 3.05) is 5.32 Å². The second-order valence-corrected chi connectivity index (χ2v) is 4.41. The summed E-state index contributed by atoms with van der Waals surface area (Å²) >= 11 is 1.16. The number of benzene rings is 1. The van der Waals surface area contributed by atoms with E-state index in [1.54, 1.807) is 25.1 Å². The number of aromatic nitrogens is 1. The van der Waals surface area contributed by atoms with Gasteiger partial charge in [-0.15, -0.1) is 0 Å². The van der Waals surface area contributed by atoms with Crippen LogP contribution in [0.25, 0.3) is 0 Å². The van der Waals surface area contributed by atoms with E-state index in [1.165, 1.54) is 13.0 Å². The first-order valence-corrected chi connectivity index (χ1v) is 5.85. The summed E-state index contributed by atoms with van der Waals surface area (Å²) in [4.78, 5) is 11.5. The van der Waals surface area contributed by atoms with Gasteiger partial charge in [0.05, 0.1) is 16.9 Å². The summed E-state index contributed by atoms with van der Waals surface area (Å²) in [5.41, 5.74) is 1.54. The number of para-hydroxylation sites is 1. The van der Waals surface area contributed by atoms with Crippen LogP contribution in [0, 0.1) is 12.7 Å². The maximum absolute atomic E-state index is 13.5. The zero-order valence-corrected chi connectivity index (χ0v) is 10.3. The Labute approximate surface area is 102 Å². The van der Waals surface area contributed by atoms with Gasteiger partial charge in [0, 0.05) is 0 Å². The summed E-state index contributed by atoms with van der Waals surface area (Å²) in [5.74, 6) is -0.428. The van der Waals surface area contributed by atoms with Crippen LogP contribution in [-0.4, -0.2) is 10.2 Å². The average molecular weight is 250 g/mol. The maximum Gasteiger partial charge on any atom is 0.164 e. The number of hydrogen-bond donors (Lipinski definition) is 1. The van der Waals surface area contributed by atoms with E-state index in [9.17, 15) is 9.18 Å². The van der Waals surface area contributed by atoms with Gasteiger partial charge in [-0.05, 0) is 37.5 Å². The quantitative estimate of drug-likeness (QED) is 0.847. The number of nitrogens with zero attached hydrogens (tertiary/aromatic N) is 1. The van der Waals surface area contributed by atoms with E-state index in [2.05, 4.69) is 9.69 Å². The van der Waals surface area contributed by atoms with Gasteiger partial charge in [0.25, 0.3) is 0 Å². The first kappa shape index (κ1) is 11.7. The predicted molar refractivity (Wildman–Crippen MR) is 66.5 cm³/mol. The Balaban J connectivity index is 2.37. The second-order valence-electron chi connectivity index (χ2n) is 3.63. The first-order chi connectivity index (χ1) is 8.09. The Morgan fingerprint density at radius 1 is 1.41 bits per heavy atom. The largest absolute Gasteiger partial charge is 0.343 e. The number of hydrogen-bond acceptors (Lipinski definition) is 4. The predicted octanol–water partition coefficient (Wildman–Crippen LogP) is 3.54. The third kappa shape index (κ3) is 2.34. The van der Waals surface area contributed by atoms with Crippen molar-refractivity contribution in [2.45, 2.75) is 13.8 Å². The highest BCUT2D eigenvalue weighted by molar-refractivity contribution is 7.10. The molecule has 0 unspecified atom stereocenters. The third-order valence-corrected chi connectivity index (χ3v) is 3.19. The lowest BCUT2D eigenvalue weighted by atomic mass is 10.2. The fourth-order valence-electron chi connectivity index (χ4n) is 1.55. The van der Waals surface area contributed by atoms with Gasteiger partial charge >= 0.3 is 0 Å². The Kier molecular flexibility index (Phi) is 3.19. The molecule has 0 aliphatic carbocycles. The lowest BCUT2D eigenvalue weighted by Crippen LogP contribution is -1.99. The van der Waals surface area contributed by atoms with Crippen LogP contribution in [0.2, 0.25) is 0 Å². The van der Waals surface area contributed by atoms with Gasteiger partial charge in [-0.1, -0.05) is 12.1 Å². The minimum absolute atomic E-state index is 0.0740. The van der Waals surface area contributed by atoms with E-state index in [1.807, 2.05) is 0 Å². The minimum atomic E-state index is -0.354. The molecular weight excluding hydrogens is 239 g/mol. The molecule has 2 aromatic rings. The number of aryl methyl sites for hydroxylation is 1. The smallest absolute Gasteiger partial charge is 0.164 e. The van der Waals surface area contributed by atoms with Gasteiger partial charge < -0.3 is 5.32 Å². The first-order valence-electron chi connectivity index (χ1n) is 5.08. The SMILES string of the molecule is CC(=O)c1c(C)nsc1Nc1ccccc1F. The van der Waals surface area contributed by atoms with Crippen molar-refractivity contribution in [1.82, 2.24) is 4.37 Å². The zero-order chi connectivity index (χ0) is 12.4. The number of anilines is 2. The van der Waals surface area contributed by atoms with Crippen molar-refractivity contribution in [3.05, 3.63) is 41.3 Å². The summed E-state index contributed by atoms with van der Waals surface area (Å²) in [7, 11) is 0. The summed E-state index contributed by atoms with van der Waals surface area (Å²) in [6.07, 6.45) is 0. The summed E-state index contributed by atoms with van der Waals surface area (Å²) in [5, 5.41) is 3.49. The van der Waals surface area contributed by atoms with E-state index in [0.29, 0.717) is 21.9 Å². The molecule has 3 nitrogen and oxygen atoms in total. The zero-order valence-electron chi connectivity index (χ0n) is 9.45. The van der Waals surface area contributed by atoms with Crippen LogP contribution in [0.1, 0.15) is 23.0 Å². The Bertz CT molecular complexity index is 565. The molecule has 1 aromatic carbocycles. The molecule has 0 saturated carbocycles. The van der Waals surface area contributed by atoms with Crippen molar-refractivity contribution in [1.29, 1.82) is 0 Å². The molecule has 1 aromatic heterocycles. The van der Waals surface area contributed by atoms with Gasteiger partial charge in [-0.25, -0.2) is 4.39 Å². The fourth-order valence-corrected chi connectivity index (χ4v) is 2.41. The third-order valence-electron chi connectivity index (χ3n) is 2.34. The van der Waals surface area contributed by atoms with E-state index in [-0.39, 0.29) is 11.6 Å². The topological polar surface area (TPSA) is 42.0 Å². The molecule has 1 heterocycles. The van der Waals surface area contributed by atoms with Crippen molar-refractivity contribution >= 4 is 28.0 Å². The average Bonchev–Trinajstić information content (AvgIpc) is 2.63. The Morgan fingerprint density at radius 3 is 2.76 bits per heavy atom. The molecule has 1 N–H and O–H groups in total. The van der Waals surface area contributed by atoms with E-state index < -0.39 is 0 Å². The van der Waals surface area contributed by atoms with Crippen molar-refractivity contribution < 1.29 is 9.18 Å². The molecule has 0 spiro atoms. The summed E-state index contributed by atoms with van der Waals surface area (Å²) < 4.78 is 17.6. The molecule has 88 valence electrons.